The molecule has 0 heterocycles. The molecule has 146 valence electrons. The van der Waals surface area contributed by atoms with E-state index in [9.17, 15) is 4.79 Å². The Labute approximate surface area is 164 Å². The third-order valence-electron chi connectivity index (χ3n) is 6.15. The molecule has 3 rings (SSSR count). The first kappa shape index (κ1) is 21.2. The highest BCUT2D eigenvalue weighted by molar-refractivity contribution is 6.33. The molecule has 0 saturated heterocycles. The molecule has 0 radical (unpaired) electrons. The predicted molar refractivity (Wildman–Crippen MR) is 111 cm³/mol. The molecule has 2 aliphatic carbocycles. The summed E-state index contributed by atoms with van der Waals surface area (Å²) in [4.78, 5) is 12.7. The van der Waals surface area contributed by atoms with E-state index in [1.807, 2.05) is 25.2 Å². The van der Waals surface area contributed by atoms with Crippen LogP contribution in [0, 0.1) is 11.3 Å². The number of hydrogen-bond acceptors (Lipinski definition) is 2. The maximum atomic E-state index is 12.7. The van der Waals surface area contributed by atoms with Gasteiger partial charge in [0, 0.05) is 6.54 Å². The van der Waals surface area contributed by atoms with Gasteiger partial charge in [-0.3, -0.25) is 4.79 Å². The summed E-state index contributed by atoms with van der Waals surface area (Å²) in [5.74, 6) is 0.876. The van der Waals surface area contributed by atoms with Crippen molar-refractivity contribution >= 4 is 17.5 Å². The van der Waals surface area contributed by atoms with Crippen LogP contribution in [0.3, 0.4) is 0 Å². The van der Waals surface area contributed by atoms with E-state index in [1.165, 1.54) is 50.5 Å². The summed E-state index contributed by atoms with van der Waals surface area (Å²) < 4.78 is 0. The molecule has 1 aromatic rings. The fourth-order valence-corrected chi connectivity index (χ4v) is 5.01. The Bertz CT molecular complexity index is 592. The van der Waals surface area contributed by atoms with E-state index >= 15 is 0 Å². The number of carbonyl (C=O) groups is 1. The van der Waals surface area contributed by atoms with E-state index in [1.54, 1.807) is 0 Å². The second kappa shape index (κ2) is 9.75. The zero-order valence-electron chi connectivity index (χ0n) is 15.4. The fraction of sp³-hybridized carbons (Fsp3) is 0.682. The Balaban J connectivity index is 0.00000243. The van der Waals surface area contributed by atoms with Gasteiger partial charge in [0.1, 0.15) is 0 Å². The molecule has 2 bridgehead atoms. The van der Waals surface area contributed by atoms with E-state index in [2.05, 4.69) is 10.6 Å². The summed E-state index contributed by atoms with van der Waals surface area (Å²) in [5, 5.41) is 6.93. The minimum absolute atomic E-state index is 0. The Kier molecular flexibility index (Phi) is 7.97. The van der Waals surface area contributed by atoms with Crippen LogP contribution in [0.5, 0.6) is 0 Å². The van der Waals surface area contributed by atoms with Crippen LogP contribution in [-0.4, -0.2) is 26.0 Å². The quantitative estimate of drug-likeness (QED) is 0.638. The van der Waals surface area contributed by atoms with Crippen molar-refractivity contribution in [3.8, 4) is 0 Å². The molecular formula is C22H35ClN2O. The van der Waals surface area contributed by atoms with Gasteiger partial charge in [0.15, 0.2) is 0 Å². The molecule has 2 aliphatic rings. The second-order valence-electron chi connectivity index (χ2n) is 8.06. The molecule has 2 fully saturated rings. The molecule has 0 unspecified atom stereocenters. The summed E-state index contributed by atoms with van der Waals surface area (Å²) in [6.07, 6.45) is 11.3. The zero-order valence-corrected chi connectivity index (χ0v) is 16.1. The van der Waals surface area contributed by atoms with Crippen LogP contribution in [0.1, 0.15) is 74.7 Å². The van der Waals surface area contributed by atoms with Gasteiger partial charge in [-0.15, -0.1) is 0 Å². The molecule has 2 saturated carbocycles. The molecule has 0 aromatic heterocycles. The molecular weight excluding hydrogens is 344 g/mol. The average molecular weight is 379 g/mol. The summed E-state index contributed by atoms with van der Waals surface area (Å²) >= 11 is 6.30. The van der Waals surface area contributed by atoms with Gasteiger partial charge in [-0.05, 0) is 74.7 Å². The molecule has 4 heteroatoms. The van der Waals surface area contributed by atoms with Crippen molar-refractivity contribution in [2.24, 2.45) is 11.3 Å². The normalized spacial score (nSPS) is 24.6. The van der Waals surface area contributed by atoms with Crippen LogP contribution < -0.4 is 10.6 Å². The highest BCUT2D eigenvalue weighted by atomic mass is 35.5. The number of hydrogen-bond donors (Lipinski definition) is 2. The Morgan fingerprint density at radius 2 is 2.00 bits per heavy atom. The first-order chi connectivity index (χ1) is 12.1. The maximum absolute atomic E-state index is 12.7. The topological polar surface area (TPSA) is 41.1 Å². The molecule has 1 amide bonds. The van der Waals surface area contributed by atoms with Gasteiger partial charge >= 0.3 is 0 Å². The van der Waals surface area contributed by atoms with Gasteiger partial charge in [0.25, 0.3) is 5.91 Å². The molecule has 26 heavy (non-hydrogen) atoms. The molecule has 2 N–H and O–H groups in total. The van der Waals surface area contributed by atoms with E-state index in [-0.39, 0.29) is 13.3 Å². The van der Waals surface area contributed by atoms with Gasteiger partial charge < -0.3 is 10.6 Å². The number of nitrogens with one attached hydrogen (secondary N) is 2. The lowest BCUT2D eigenvalue weighted by Crippen LogP contribution is -2.43. The zero-order chi connectivity index (χ0) is 17.7. The lowest BCUT2D eigenvalue weighted by molar-refractivity contribution is 0.0682. The van der Waals surface area contributed by atoms with E-state index in [0.717, 1.165) is 31.8 Å². The van der Waals surface area contributed by atoms with Gasteiger partial charge in [-0.2, -0.15) is 0 Å². The number of benzene rings is 1. The van der Waals surface area contributed by atoms with Crippen LogP contribution in [-0.2, 0) is 6.42 Å². The summed E-state index contributed by atoms with van der Waals surface area (Å²) in [6, 6.07) is 5.86. The highest BCUT2D eigenvalue weighted by Crippen LogP contribution is 2.48. The maximum Gasteiger partial charge on any atom is 0.252 e. The van der Waals surface area contributed by atoms with Crippen LogP contribution in [0.4, 0.5) is 0 Å². The predicted octanol–water partition coefficient (Wildman–Crippen LogP) is 5.22. The van der Waals surface area contributed by atoms with Crippen molar-refractivity contribution in [1.29, 1.82) is 0 Å². The summed E-state index contributed by atoms with van der Waals surface area (Å²) in [6.45, 7) is 1.79. The first-order valence-corrected chi connectivity index (χ1v) is 10.2. The monoisotopic (exact) mass is 378 g/mol. The van der Waals surface area contributed by atoms with Crippen molar-refractivity contribution in [2.45, 2.75) is 65.2 Å². The lowest BCUT2D eigenvalue weighted by atomic mass is 9.62. The largest absolute Gasteiger partial charge is 0.351 e. The van der Waals surface area contributed by atoms with Gasteiger partial charge in [0.05, 0.1) is 10.6 Å². The van der Waals surface area contributed by atoms with Crippen LogP contribution in [0.25, 0.3) is 0 Å². The molecule has 0 aliphatic heterocycles. The third kappa shape index (κ3) is 5.23. The minimum Gasteiger partial charge on any atom is -0.351 e. The van der Waals surface area contributed by atoms with Crippen molar-refractivity contribution in [3.05, 3.63) is 34.3 Å². The Hall–Kier alpha value is -1.06. The number of fused-ring (bicyclic) bond motifs is 2. The van der Waals surface area contributed by atoms with E-state index in [4.69, 9.17) is 11.6 Å². The highest BCUT2D eigenvalue weighted by Gasteiger charge is 2.39. The first-order valence-electron chi connectivity index (χ1n) is 9.83. The van der Waals surface area contributed by atoms with Crippen LogP contribution in [0.15, 0.2) is 18.2 Å². The van der Waals surface area contributed by atoms with Gasteiger partial charge in [-0.1, -0.05) is 50.8 Å². The van der Waals surface area contributed by atoms with Gasteiger partial charge in [0.2, 0.25) is 0 Å². The Morgan fingerprint density at radius 1 is 1.27 bits per heavy atom. The van der Waals surface area contributed by atoms with Crippen molar-refractivity contribution in [3.63, 3.8) is 0 Å². The summed E-state index contributed by atoms with van der Waals surface area (Å²) in [5.41, 5.74) is 2.15. The number of carbonyl (C=O) groups excluding carboxylic acids is 1. The number of aryl methyl sites for hydroxylation is 1. The van der Waals surface area contributed by atoms with E-state index in [0.29, 0.717) is 16.0 Å². The molecule has 3 nitrogen and oxygen atoms in total. The Morgan fingerprint density at radius 3 is 2.69 bits per heavy atom. The SMILES string of the molecule is C.CNCCCc1ccc(Cl)c(C(=O)NCC23CCCC(CCC2)C3)c1. The third-order valence-corrected chi connectivity index (χ3v) is 6.48. The molecule has 0 spiro atoms. The van der Waals surface area contributed by atoms with Crippen LogP contribution in [0.2, 0.25) is 5.02 Å². The van der Waals surface area contributed by atoms with Crippen molar-refractivity contribution in [2.75, 3.05) is 20.1 Å². The fourth-order valence-electron chi connectivity index (χ4n) is 4.80. The minimum atomic E-state index is -0.0115. The lowest BCUT2D eigenvalue weighted by Gasteiger charge is -2.45. The molecule has 1 aromatic carbocycles. The molecule has 0 atom stereocenters. The smallest absolute Gasteiger partial charge is 0.252 e. The number of rotatable bonds is 7. The number of halogens is 1. The van der Waals surface area contributed by atoms with Crippen molar-refractivity contribution < 1.29 is 4.79 Å². The average Bonchev–Trinajstić information content (AvgIpc) is 2.61. The van der Waals surface area contributed by atoms with E-state index < -0.39 is 0 Å². The van der Waals surface area contributed by atoms with Gasteiger partial charge in [-0.25, -0.2) is 0 Å². The standard InChI is InChI=1S/C21H31ClN2O.CH4/c1-23-12-4-7-16-8-9-19(22)18(13-16)20(25)24-15-21-10-2-5-17(14-21)6-3-11-21;/h8-9,13,17,23H,2-7,10-12,14-15H2,1H3,(H,24,25);1H4. The summed E-state index contributed by atoms with van der Waals surface area (Å²) in [7, 11) is 1.96. The number of amides is 1. The second-order valence-corrected chi connectivity index (χ2v) is 8.47. The van der Waals surface area contributed by atoms with Crippen molar-refractivity contribution in [1.82, 2.24) is 10.6 Å². The van der Waals surface area contributed by atoms with Crippen LogP contribution >= 0.6 is 11.6 Å².